The zero-order valence-electron chi connectivity index (χ0n) is 9.99. The Balaban J connectivity index is 1.99. The van der Waals surface area contributed by atoms with Crippen molar-refractivity contribution in [2.75, 3.05) is 13.1 Å². The number of pyridine rings is 1. The lowest BCUT2D eigenvalue weighted by atomic mass is 9.78. The van der Waals surface area contributed by atoms with Crippen LogP contribution in [0.1, 0.15) is 24.0 Å². The molecule has 0 amide bonds. The molecule has 3 rings (SSSR count). The molecule has 18 heavy (non-hydrogen) atoms. The third-order valence-corrected chi connectivity index (χ3v) is 4.57. The summed E-state index contributed by atoms with van der Waals surface area (Å²) in [6.07, 6.45) is 6.60. The number of nitrogens with one attached hydrogen (secondary N) is 1. The summed E-state index contributed by atoms with van der Waals surface area (Å²) in [5, 5.41) is 12.5. The first kappa shape index (κ1) is 11.9. The third-order valence-electron chi connectivity index (χ3n) is 3.93. The van der Waals surface area contributed by atoms with Crippen LogP contribution in [0.2, 0.25) is 0 Å². The Labute approximate surface area is 115 Å². The van der Waals surface area contributed by atoms with Gasteiger partial charge < -0.3 is 5.32 Å². The minimum absolute atomic E-state index is 0.591. The van der Waals surface area contributed by atoms with Gasteiger partial charge in [0.15, 0.2) is 0 Å². The Bertz CT molecular complexity index is 544. The molecule has 0 spiro atoms. The van der Waals surface area contributed by atoms with E-state index in [9.17, 15) is 0 Å². The molecule has 4 heteroatoms. The van der Waals surface area contributed by atoms with Crippen molar-refractivity contribution in [3.63, 3.8) is 0 Å². The molecule has 2 aliphatic rings. The van der Waals surface area contributed by atoms with Gasteiger partial charge in [0, 0.05) is 18.7 Å². The largest absolute Gasteiger partial charge is 0.316 e. The minimum Gasteiger partial charge on any atom is -0.316 e. The second-order valence-corrected chi connectivity index (χ2v) is 5.69. The van der Waals surface area contributed by atoms with E-state index in [-0.39, 0.29) is 0 Å². The van der Waals surface area contributed by atoms with Gasteiger partial charge in [0.1, 0.15) is 10.7 Å². The number of halogens is 1. The molecule has 0 unspecified atom stereocenters. The van der Waals surface area contributed by atoms with E-state index >= 15 is 0 Å². The fraction of sp³-hybridized carbons (Fsp3) is 0.429. The molecule has 1 aliphatic carbocycles. The summed E-state index contributed by atoms with van der Waals surface area (Å²) >= 11 is 3.31. The Hall–Kier alpha value is -1.18. The number of nitriles is 1. The van der Waals surface area contributed by atoms with Crippen molar-refractivity contribution in [3.05, 3.63) is 34.1 Å². The molecule has 1 aromatic rings. The fourth-order valence-corrected chi connectivity index (χ4v) is 3.33. The van der Waals surface area contributed by atoms with E-state index in [0.29, 0.717) is 16.1 Å². The highest BCUT2D eigenvalue weighted by Gasteiger charge is 2.32. The van der Waals surface area contributed by atoms with Gasteiger partial charge in [0.05, 0.1) is 5.56 Å². The first-order chi connectivity index (χ1) is 8.79. The third kappa shape index (κ3) is 1.98. The van der Waals surface area contributed by atoms with E-state index < -0.39 is 0 Å². The first-order valence-corrected chi connectivity index (χ1v) is 7.05. The lowest BCUT2D eigenvalue weighted by Gasteiger charge is -2.26. The summed E-state index contributed by atoms with van der Waals surface area (Å²) in [5.41, 5.74) is 3.09. The average Bonchev–Trinajstić information content (AvgIpc) is 2.87. The van der Waals surface area contributed by atoms with Crippen LogP contribution in [0.5, 0.6) is 0 Å². The molecule has 0 bridgehead atoms. The van der Waals surface area contributed by atoms with Crippen LogP contribution in [-0.2, 0) is 0 Å². The molecule has 2 atom stereocenters. The topological polar surface area (TPSA) is 48.7 Å². The lowest BCUT2D eigenvalue weighted by Crippen LogP contribution is -2.18. The maximum Gasteiger partial charge on any atom is 0.123 e. The number of fused-ring (bicyclic) bond motifs is 1. The normalized spacial score (nSPS) is 26.3. The fourth-order valence-electron chi connectivity index (χ4n) is 3.02. The van der Waals surface area contributed by atoms with Gasteiger partial charge in [0.25, 0.3) is 0 Å². The van der Waals surface area contributed by atoms with Gasteiger partial charge in [-0.05, 0) is 58.4 Å². The Morgan fingerprint density at radius 3 is 3.17 bits per heavy atom. The van der Waals surface area contributed by atoms with E-state index in [4.69, 9.17) is 5.26 Å². The van der Waals surface area contributed by atoms with Crippen LogP contribution in [0.15, 0.2) is 22.9 Å². The predicted molar refractivity (Wildman–Crippen MR) is 73.7 cm³/mol. The van der Waals surface area contributed by atoms with Crippen LogP contribution >= 0.6 is 15.9 Å². The molecular formula is C14H14BrN3. The average molecular weight is 304 g/mol. The van der Waals surface area contributed by atoms with Gasteiger partial charge in [-0.15, -0.1) is 0 Å². The standard InChI is InChI=1S/C14H14BrN3/c15-14-10(5-16)4-11(7-18-14)12-3-1-2-9-6-17-8-13(9)12/h3-4,7,9,13,17H,1-2,6,8H2/t9-,13+/m1/s1. The van der Waals surface area contributed by atoms with E-state index in [0.717, 1.165) is 31.0 Å². The summed E-state index contributed by atoms with van der Waals surface area (Å²) in [5.74, 6) is 1.34. The van der Waals surface area contributed by atoms with Crippen LogP contribution in [0.4, 0.5) is 0 Å². The monoisotopic (exact) mass is 303 g/mol. The number of hydrogen-bond acceptors (Lipinski definition) is 3. The van der Waals surface area contributed by atoms with E-state index in [2.05, 4.69) is 38.4 Å². The molecule has 0 radical (unpaired) electrons. The van der Waals surface area contributed by atoms with Crippen LogP contribution < -0.4 is 5.32 Å². The minimum atomic E-state index is 0.591. The number of aromatic nitrogens is 1. The molecule has 1 aliphatic heterocycles. The SMILES string of the molecule is N#Cc1cc(C2=CCC[C@@H]3CNC[C@H]23)cnc1Br. The molecule has 1 aromatic heterocycles. The maximum atomic E-state index is 9.08. The summed E-state index contributed by atoms with van der Waals surface area (Å²) in [6, 6.07) is 4.13. The van der Waals surface area contributed by atoms with Crippen molar-refractivity contribution in [1.82, 2.24) is 10.3 Å². The van der Waals surface area contributed by atoms with E-state index in [1.807, 2.05) is 12.3 Å². The second-order valence-electron chi connectivity index (χ2n) is 4.94. The first-order valence-electron chi connectivity index (χ1n) is 6.26. The summed E-state index contributed by atoms with van der Waals surface area (Å²) in [6.45, 7) is 2.17. The summed E-state index contributed by atoms with van der Waals surface area (Å²) in [4.78, 5) is 4.27. The number of hydrogen-bond donors (Lipinski definition) is 1. The van der Waals surface area contributed by atoms with E-state index in [1.165, 1.54) is 12.0 Å². The van der Waals surface area contributed by atoms with Gasteiger partial charge in [-0.3, -0.25) is 0 Å². The van der Waals surface area contributed by atoms with Gasteiger partial charge in [-0.1, -0.05) is 6.08 Å². The van der Waals surface area contributed by atoms with Crippen molar-refractivity contribution in [2.24, 2.45) is 11.8 Å². The zero-order chi connectivity index (χ0) is 12.5. The van der Waals surface area contributed by atoms with E-state index in [1.54, 1.807) is 0 Å². The van der Waals surface area contributed by atoms with Crippen LogP contribution in [0.3, 0.4) is 0 Å². The van der Waals surface area contributed by atoms with Crippen LogP contribution in [0.25, 0.3) is 5.57 Å². The highest BCUT2D eigenvalue weighted by molar-refractivity contribution is 9.10. The van der Waals surface area contributed by atoms with Crippen LogP contribution in [0, 0.1) is 23.2 Å². The molecule has 3 nitrogen and oxygen atoms in total. The number of nitrogens with zero attached hydrogens (tertiary/aromatic N) is 2. The van der Waals surface area contributed by atoms with Gasteiger partial charge >= 0.3 is 0 Å². The lowest BCUT2D eigenvalue weighted by molar-refractivity contribution is 0.454. The van der Waals surface area contributed by atoms with Crippen molar-refractivity contribution in [2.45, 2.75) is 12.8 Å². The van der Waals surface area contributed by atoms with Crippen LogP contribution in [-0.4, -0.2) is 18.1 Å². The highest BCUT2D eigenvalue weighted by atomic mass is 79.9. The predicted octanol–water partition coefficient (Wildman–Crippen LogP) is 2.73. The molecule has 1 fully saturated rings. The number of rotatable bonds is 1. The maximum absolute atomic E-state index is 9.08. The number of allylic oxidation sites excluding steroid dienone is 1. The van der Waals surface area contributed by atoms with Gasteiger partial charge in [0.2, 0.25) is 0 Å². The smallest absolute Gasteiger partial charge is 0.123 e. The summed E-state index contributed by atoms with van der Waals surface area (Å²) in [7, 11) is 0. The molecular weight excluding hydrogens is 290 g/mol. The molecule has 1 N–H and O–H groups in total. The molecule has 2 heterocycles. The molecule has 1 saturated heterocycles. The Kier molecular flexibility index (Phi) is 3.19. The van der Waals surface area contributed by atoms with Crippen molar-refractivity contribution >= 4 is 21.5 Å². The van der Waals surface area contributed by atoms with Crippen molar-refractivity contribution < 1.29 is 0 Å². The molecule has 0 saturated carbocycles. The highest BCUT2D eigenvalue weighted by Crippen LogP contribution is 2.38. The zero-order valence-corrected chi connectivity index (χ0v) is 11.6. The van der Waals surface area contributed by atoms with Gasteiger partial charge in [-0.25, -0.2) is 4.98 Å². The van der Waals surface area contributed by atoms with Crippen molar-refractivity contribution in [3.8, 4) is 6.07 Å². The van der Waals surface area contributed by atoms with Gasteiger partial charge in [-0.2, -0.15) is 5.26 Å². The molecule has 0 aromatic carbocycles. The second kappa shape index (κ2) is 4.83. The molecule has 92 valence electrons. The summed E-state index contributed by atoms with van der Waals surface area (Å²) < 4.78 is 0.631. The quantitative estimate of drug-likeness (QED) is 0.812. The van der Waals surface area contributed by atoms with Crippen molar-refractivity contribution in [1.29, 1.82) is 5.26 Å². The Morgan fingerprint density at radius 2 is 2.33 bits per heavy atom. The Morgan fingerprint density at radius 1 is 1.44 bits per heavy atom.